The lowest BCUT2D eigenvalue weighted by atomic mass is 10.5. The normalized spacial score (nSPS) is 12.2. The van der Waals surface area contributed by atoms with Crippen molar-refractivity contribution < 1.29 is 13.2 Å². The average molecular weight is 220 g/mol. The van der Waals surface area contributed by atoms with E-state index in [1.54, 1.807) is 0 Å². The number of nitrogens with zero attached hydrogens (tertiary/aromatic N) is 1. The molecule has 14 heavy (non-hydrogen) atoms. The fraction of sp³-hybridized carbons (Fsp3) is 0.143. The van der Waals surface area contributed by atoms with Crippen LogP contribution in [0.5, 0.6) is 0 Å². The summed E-state index contributed by atoms with van der Waals surface area (Å²) in [4.78, 5) is 16.3. The SMILES string of the molecule is O=c1ccc2sc(C(F)(F)F)nc2[nH]1. The Morgan fingerprint density at radius 3 is 2.71 bits per heavy atom. The molecular weight excluding hydrogens is 217 g/mol. The van der Waals surface area contributed by atoms with Crippen molar-refractivity contribution >= 4 is 21.7 Å². The molecule has 7 heteroatoms. The van der Waals surface area contributed by atoms with E-state index in [0.717, 1.165) is 0 Å². The van der Waals surface area contributed by atoms with Crippen LogP contribution in [-0.2, 0) is 6.18 Å². The summed E-state index contributed by atoms with van der Waals surface area (Å²) >= 11 is 0.507. The second-order valence-corrected chi connectivity index (χ2v) is 3.58. The zero-order valence-corrected chi connectivity index (χ0v) is 7.37. The maximum atomic E-state index is 12.2. The molecule has 1 N–H and O–H groups in total. The van der Waals surface area contributed by atoms with Gasteiger partial charge < -0.3 is 4.98 Å². The summed E-state index contributed by atoms with van der Waals surface area (Å²) < 4.78 is 36.9. The van der Waals surface area contributed by atoms with E-state index in [1.807, 2.05) is 0 Å². The van der Waals surface area contributed by atoms with Gasteiger partial charge in [-0.2, -0.15) is 13.2 Å². The van der Waals surface area contributed by atoms with Crippen LogP contribution >= 0.6 is 11.3 Å². The minimum atomic E-state index is -4.46. The van der Waals surface area contributed by atoms with Crippen molar-refractivity contribution in [2.75, 3.05) is 0 Å². The van der Waals surface area contributed by atoms with Gasteiger partial charge in [0.15, 0.2) is 5.65 Å². The Morgan fingerprint density at radius 1 is 1.36 bits per heavy atom. The highest BCUT2D eigenvalue weighted by molar-refractivity contribution is 7.18. The zero-order valence-electron chi connectivity index (χ0n) is 6.55. The number of aromatic nitrogens is 2. The molecule has 74 valence electrons. The smallest absolute Gasteiger partial charge is 0.306 e. The summed E-state index contributed by atoms with van der Waals surface area (Å²) in [5.41, 5.74) is -0.480. The molecule has 2 aromatic rings. The van der Waals surface area contributed by atoms with Crippen LogP contribution in [0, 0.1) is 0 Å². The predicted molar refractivity (Wildman–Crippen MR) is 45.2 cm³/mol. The van der Waals surface area contributed by atoms with Crippen LogP contribution in [0.15, 0.2) is 16.9 Å². The highest BCUT2D eigenvalue weighted by Gasteiger charge is 2.34. The molecule has 0 saturated heterocycles. The Labute approximate surface area is 79.2 Å². The molecule has 0 aliphatic heterocycles. The molecule has 0 aromatic carbocycles. The fourth-order valence-electron chi connectivity index (χ4n) is 0.965. The number of hydrogen-bond donors (Lipinski definition) is 1. The summed E-state index contributed by atoms with van der Waals surface area (Å²) in [6, 6.07) is 2.49. The molecular formula is C7H3F3N2OS. The largest absolute Gasteiger partial charge is 0.443 e. The first-order valence-electron chi connectivity index (χ1n) is 3.54. The number of thiazole rings is 1. The summed E-state index contributed by atoms with van der Waals surface area (Å²) in [6.45, 7) is 0. The second-order valence-electron chi connectivity index (χ2n) is 2.55. The Kier molecular flexibility index (Phi) is 1.84. The third-order valence-electron chi connectivity index (χ3n) is 1.52. The van der Waals surface area contributed by atoms with Crippen LogP contribution in [0.25, 0.3) is 10.3 Å². The van der Waals surface area contributed by atoms with Crippen LogP contribution in [0.3, 0.4) is 0 Å². The fourth-order valence-corrected chi connectivity index (χ4v) is 1.76. The van der Waals surface area contributed by atoms with Crippen LogP contribution in [-0.4, -0.2) is 9.97 Å². The minimum absolute atomic E-state index is 0.0187. The first kappa shape index (κ1) is 9.20. The Hall–Kier alpha value is -1.37. The quantitative estimate of drug-likeness (QED) is 0.738. The van der Waals surface area contributed by atoms with Crippen LogP contribution < -0.4 is 5.56 Å². The van der Waals surface area contributed by atoms with Crippen molar-refractivity contribution in [2.45, 2.75) is 6.18 Å². The first-order valence-corrected chi connectivity index (χ1v) is 4.35. The summed E-state index contributed by atoms with van der Waals surface area (Å²) in [5.74, 6) is 0. The van der Waals surface area contributed by atoms with Gasteiger partial charge in [-0.15, -0.1) is 11.3 Å². The van der Waals surface area contributed by atoms with Gasteiger partial charge in [0.05, 0.1) is 4.70 Å². The Bertz CT molecular complexity index is 527. The van der Waals surface area contributed by atoms with Crippen LogP contribution in [0.1, 0.15) is 5.01 Å². The molecule has 0 bridgehead atoms. The molecule has 0 spiro atoms. The number of hydrogen-bond acceptors (Lipinski definition) is 3. The third-order valence-corrected chi connectivity index (χ3v) is 2.59. The van der Waals surface area contributed by atoms with Crippen molar-refractivity contribution in [3.05, 3.63) is 27.5 Å². The van der Waals surface area contributed by atoms with Gasteiger partial charge in [-0.1, -0.05) is 0 Å². The number of H-pyrrole nitrogens is 1. The molecule has 2 rings (SSSR count). The number of alkyl halides is 3. The van der Waals surface area contributed by atoms with Gasteiger partial charge in [0.1, 0.15) is 0 Å². The highest BCUT2D eigenvalue weighted by Crippen LogP contribution is 2.34. The van der Waals surface area contributed by atoms with E-state index in [1.165, 1.54) is 12.1 Å². The second kappa shape index (κ2) is 2.81. The monoisotopic (exact) mass is 220 g/mol. The van der Waals surface area contributed by atoms with E-state index < -0.39 is 16.7 Å². The third kappa shape index (κ3) is 1.50. The van der Waals surface area contributed by atoms with Crippen molar-refractivity contribution in [2.24, 2.45) is 0 Å². The number of rotatable bonds is 0. The van der Waals surface area contributed by atoms with Crippen molar-refractivity contribution in [3.8, 4) is 0 Å². The van der Waals surface area contributed by atoms with Gasteiger partial charge in [0.25, 0.3) is 0 Å². The van der Waals surface area contributed by atoms with Gasteiger partial charge in [0, 0.05) is 6.07 Å². The number of pyridine rings is 1. The molecule has 0 aliphatic rings. The molecule has 0 amide bonds. The Morgan fingerprint density at radius 2 is 2.07 bits per heavy atom. The predicted octanol–water partition coefficient (Wildman–Crippen LogP) is 2.00. The van der Waals surface area contributed by atoms with Gasteiger partial charge in [0.2, 0.25) is 10.6 Å². The lowest BCUT2D eigenvalue weighted by Gasteiger charge is -1.97. The van der Waals surface area contributed by atoms with Gasteiger partial charge >= 0.3 is 6.18 Å². The summed E-state index contributed by atoms with van der Waals surface area (Å²) in [7, 11) is 0. The molecule has 0 atom stereocenters. The van der Waals surface area contributed by atoms with Gasteiger partial charge in [-0.05, 0) is 6.07 Å². The standard InChI is InChI=1S/C7H3F3N2OS/c8-7(9,10)6-12-5-3(14-6)1-2-4(13)11-5/h1-2H,(H,11,13). The number of halogens is 3. The maximum Gasteiger partial charge on any atom is 0.443 e. The molecule has 2 heterocycles. The van der Waals surface area contributed by atoms with E-state index in [4.69, 9.17) is 0 Å². The average Bonchev–Trinajstić information content (AvgIpc) is 2.45. The van der Waals surface area contributed by atoms with Crippen LogP contribution in [0.2, 0.25) is 0 Å². The van der Waals surface area contributed by atoms with Crippen LogP contribution in [0.4, 0.5) is 13.2 Å². The number of aromatic amines is 1. The molecule has 2 aromatic heterocycles. The Balaban J connectivity index is 2.69. The van der Waals surface area contributed by atoms with E-state index in [2.05, 4.69) is 9.97 Å². The molecule has 0 saturated carbocycles. The number of nitrogens with one attached hydrogen (secondary N) is 1. The molecule has 0 unspecified atom stereocenters. The molecule has 0 fully saturated rings. The molecule has 0 radical (unpaired) electrons. The number of fused-ring (bicyclic) bond motifs is 1. The topological polar surface area (TPSA) is 45.8 Å². The van der Waals surface area contributed by atoms with E-state index in [9.17, 15) is 18.0 Å². The van der Waals surface area contributed by atoms with E-state index >= 15 is 0 Å². The van der Waals surface area contributed by atoms with E-state index in [-0.39, 0.29) is 5.65 Å². The maximum absolute atomic E-state index is 12.2. The summed E-state index contributed by atoms with van der Waals surface area (Å²) in [5, 5.41) is -0.950. The van der Waals surface area contributed by atoms with Crippen molar-refractivity contribution in [1.29, 1.82) is 0 Å². The van der Waals surface area contributed by atoms with E-state index in [0.29, 0.717) is 16.0 Å². The summed E-state index contributed by atoms with van der Waals surface area (Å²) in [6.07, 6.45) is -4.46. The van der Waals surface area contributed by atoms with Crippen molar-refractivity contribution in [3.63, 3.8) is 0 Å². The lowest BCUT2D eigenvalue weighted by molar-refractivity contribution is -0.137. The van der Waals surface area contributed by atoms with Gasteiger partial charge in [-0.3, -0.25) is 4.79 Å². The zero-order chi connectivity index (χ0) is 10.3. The molecule has 0 aliphatic carbocycles. The highest BCUT2D eigenvalue weighted by atomic mass is 32.1. The molecule has 3 nitrogen and oxygen atoms in total. The van der Waals surface area contributed by atoms with Gasteiger partial charge in [-0.25, -0.2) is 4.98 Å². The minimum Gasteiger partial charge on any atom is -0.306 e. The van der Waals surface area contributed by atoms with Crippen molar-refractivity contribution in [1.82, 2.24) is 9.97 Å². The first-order chi connectivity index (χ1) is 6.47. The lowest BCUT2D eigenvalue weighted by Crippen LogP contribution is -2.04.